The SMILES string of the molecule is O=C(CNC(=O)c1ccccc1)NCC1CCC(O)C1. The van der Waals surface area contributed by atoms with Gasteiger partial charge in [-0.25, -0.2) is 0 Å². The Morgan fingerprint density at radius 3 is 2.55 bits per heavy atom. The number of hydrogen-bond donors (Lipinski definition) is 3. The number of carbonyl (C=O) groups is 2. The van der Waals surface area contributed by atoms with Gasteiger partial charge in [0.1, 0.15) is 0 Å². The van der Waals surface area contributed by atoms with E-state index in [0.717, 1.165) is 19.3 Å². The summed E-state index contributed by atoms with van der Waals surface area (Å²) in [4.78, 5) is 23.4. The lowest BCUT2D eigenvalue weighted by atomic mass is 10.1. The molecule has 1 fully saturated rings. The van der Waals surface area contributed by atoms with Crippen molar-refractivity contribution >= 4 is 11.8 Å². The fourth-order valence-electron chi connectivity index (χ4n) is 2.41. The van der Waals surface area contributed by atoms with Gasteiger partial charge in [-0.3, -0.25) is 9.59 Å². The molecule has 1 aliphatic carbocycles. The molecule has 2 unspecified atom stereocenters. The molecular formula is C15H20N2O3. The Morgan fingerprint density at radius 1 is 1.15 bits per heavy atom. The Labute approximate surface area is 118 Å². The minimum Gasteiger partial charge on any atom is -0.393 e. The second-order valence-electron chi connectivity index (χ2n) is 5.19. The smallest absolute Gasteiger partial charge is 0.251 e. The van der Waals surface area contributed by atoms with Crippen LogP contribution in [0, 0.1) is 5.92 Å². The van der Waals surface area contributed by atoms with Gasteiger partial charge in [0, 0.05) is 12.1 Å². The molecule has 20 heavy (non-hydrogen) atoms. The van der Waals surface area contributed by atoms with E-state index < -0.39 is 0 Å². The summed E-state index contributed by atoms with van der Waals surface area (Å²) in [6.45, 7) is 0.542. The molecule has 2 amide bonds. The molecule has 0 aromatic heterocycles. The minimum absolute atomic E-state index is 0.0248. The number of hydrogen-bond acceptors (Lipinski definition) is 3. The van der Waals surface area contributed by atoms with Gasteiger partial charge in [0.25, 0.3) is 5.91 Å². The van der Waals surface area contributed by atoms with Crippen molar-refractivity contribution in [3.63, 3.8) is 0 Å². The molecule has 0 bridgehead atoms. The standard InChI is InChI=1S/C15H20N2O3/c18-13-7-6-11(8-13)9-16-14(19)10-17-15(20)12-4-2-1-3-5-12/h1-5,11,13,18H,6-10H2,(H,16,19)(H,17,20). The van der Waals surface area contributed by atoms with Crippen LogP contribution in [0.25, 0.3) is 0 Å². The van der Waals surface area contributed by atoms with Crippen LogP contribution in [0.5, 0.6) is 0 Å². The largest absolute Gasteiger partial charge is 0.393 e. The first-order valence-electron chi connectivity index (χ1n) is 6.93. The number of rotatable bonds is 5. The van der Waals surface area contributed by atoms with Gasteiger partial charge in [-0.15, -0.1) is 0 Å². The third kappa shape index (κ3) is 4.35. The van der Waals surface area contributed by atoms with E-state index >= 15 is 0 Å². The zero-order valence-electron chi connectivity index (χ0n) is 11.3. The van der Waals surface area contributed by atoms with Crippen molar-refractivity contribution in [2.75, 3.05) is 13.1 Å². The highest BCUT2D eigenvalue weighted by Gasteiger charge is 2.22. The Bertz CT molecular complexity index is 461. The van der Waals surface area contributed by atoms with Crippen LogP contribution in [0.4, 0.5) is 0 Å². The van der Waals surface area contributed by atoms with Gasteiger partial charge >= 0.3 is 0 Å². The molecule has 0 heterocycles. The Morgan fingerprint density at radius 2 is 1.90 bits per heavy atom. The molecule has 2 rings (SSSR count). The zero-order chi connectivity index (χ0) is 14.4. The summed E-state index contributed by atoms with van der Waals surface area (Å²) in [7, 11) is 0. The van der Waals surface area contributed by atoms with E-state index in [4.69, 9.17) is 0 Å². The second-order valence-corrected chi connectivity index (χ2v) is 5.19. The van der Waals surface area contributed by atoms with E-state index in [1.165, 1.54) is 0 Å². The molecule has 0 radical (unpaired) electrons. The number of amides is 2. The van der Waals surface area contributed by atoms with E-state index in [2.05, 4.69) is 10.6 Å². The van der Waals surface area contributed by atoms with E-state index in [1.807, 2.05) is 6.07 Å². The van der Waals surface area contributed by atoms with E-state index in [1.54, 1.807) is 24.3 Å². The zero-order valence-corrected chi connectivity index (χ0v) is 11.3. The normalized spacial score (nSPS) is 21.4. The monoisotopic (exact) mass is 276 g/mol. The predicted molar refractivity (Wildman–Crippen MR) is 75.1 cm³/mol. The maximum Gasteiger partial charge on any atom is 0.251 e. The van der Waals surface area contributed by atoms with Gasteiger partial charge in [0.05, 0.1) is 12.6 Å². The summed E-state index contributed by atoms with van der Waals surface area (Å²) in [6, 6.07) is 8.79. The first-order valence-corrected chi connectivity index (χ1v) is 6.93. The highest BCUT2D eigenvalue weighted by atomic mass is 16.3. The first-order chi connectivity index (χ1) is 9.65. The Balaban J connectivity index is 1.66. The fourth-order valence-corrected chi connectivity index (χ4v) is 2.41. The fraction of sp³-hybridized carbons (Fsp3) is 0.467. The quantitative estimate of drug-likeness (QED) is 0.740. The predicted octanol–water partition coefficient (Wildman–Crippen LogP) is 0.694. The first kappa shape index (κ1) is 14.5. The van der Waals surface area contributed by atoms with Gasteiger partial charge in [-0.2, -0.15) is 0 Å². The van der Waals surface area contributed by atoms with Gasteiger partial charge in [0.15, 0.2) is 0 Å². The van der Waals surface area contributed by atoms with Gasteiger partial charge in [-0.1, -0.05) is 18.2 Å². The lowest BCUT2D eigenvalue weighted by molar-refractivity contribution is -0.120. The molecule has 1 aromatic rings. The van der Waals surface area contributed by atoms with Crippen molar-refractivity contribution in [1.29, 1.82) is 0 Å². The molecule has 0 saturated heterocycles. The topological polar surface area (TPSA) is 78.4 Å². The van der Waals surface area contributed by atoms with Crippen LogP contribution in [0.2, 0.25) is 0 Å². The molecule has 5 nitrogen and oxygen atoms in total. The number of carbonyl (C=O) groups excluding carboxylic acids is 2. The molecule has 5 heteroatoms. The molecule has 1 aromatic carbocycles. The van der Waals surface area contributed by atoms with Gasteiger partial charge < -0.3 is 15.7 Å². The molecule has 0 spiro atoms. The van der Waals surface area contributed by atoms with Crippen molar-refractivity contribution in [3.05, 3.63) is 35.9 Å². The van der Waals surface area contributed by atoms with Crippen molar-refractivity contribution in [2.24, 2.45) is 5.92 Å². The summed E-state index contributed by atoms with van der Waals surface area (Å²) in [5.41, 5.74) is 0.541. The van der Waals surface area contributed by atoms with Crippen molar-refractivity contribution in [2.45, 2.75) is 25.4 Å². The third-order valence-corrected chi connectivity index (χ3v) is 3.55. The van der Waals surface area contributed by atoms with Crippen LogP contribution in [0.15, 0.2) is 30.3 Å². The number of aliphatic hydroxyl groups is 1. The number of aliphatic hydroxyl groups excluding tert-OH is 1. The van der Waals surface area contributed by atoms with Crippen molar-refractivity contribution in [3.8, 4) is 0 Å². The van der Waals surface area contributed by atoms with Crippen LogP contribution < -0.4 is 10.6 Å². The summed E-state index contributed by atoms with van der Waals surface area (Å²) in [6.07, 6.45) is 2.27. The third-order valence-electron chi connectivity index (χ3n) is 3.55. The van der Waals surface area contributed by atoms with Crippen LogP contribution in [-0.2, 0) is 4.79 Å². The summed E-state index contributed by atoms with van der Waals surface area (Å²) in [5.74, 6) is -0.105. The molecule has 1 saturated carbocycles. The maximum absolute atomic E-state index is 11.7. The van der Waals surface area contributed by atoms with Crippen LogP contribution in [0.3, 0.4) is 0 Å². The Hall–Kier alpha value is -1.88. The lowest BCUT2D eigenvalue weighted by Crippen LogP contribution is -2.38. The van der Waals surface area contributed by atoms with Gasteiger partial charge in [0.2, 0.25) is 5.91 Å². The second kappa shape index (κ2) is 7.05. The van der Waals surface area contributed by atoms with Crippen LogP contribution in [0.1, 0.15) is 29.6 Å². The van der Waals surface area contributed by atoms with Crippen LogP contribution in [-0.4, -0.2) is 36.1 Å². The van der Waals surface area contributed by atoms with Crippen LogP contribution >= 0.6 is 0 Å². The summed E-state index contributed by atoms with van der Waals surface area (Å²) >= 11 is 0. The molecular weight excluding hydrogens is 256 g/mol. The van der Waals surface area contributed by atoms with E-state index in [0.29, 0.717) is 18.0 Å². The van der Waals surface area contributed by atoms with E-state index in [-0.39, 0.29) is 24.5 Å². The average Bonchev–Trinajstić information content (AvgIpc) is 2.89. The molecule has 108 valence electrons. The molecule has 2 atom stereocenters. The summed E-state index contributed by atoms with van der Waals surface area (Å²) in [5, 5.41) is 14.8. The van der Waals surface area contributed by atoms with E-state index in [9.17, 15) is 14.7 Å². The molecule has 3 N–H and O–H groups in total. The lowest BCUT2D eigenvalue weighted by Gasteiger charge is -2.11. The number of benzene rings is 1. The average molecular weight is 276 g/mol. The van der Waals surface area contributed by atoms with Crippen molar-refractivity contribution < 1.29 is 14.7 Å². The number of nitrogens with one attached hydrogen (secondary N) is 2. The highest BCUT2D eigenvalue weighted by Crippen LogP contribution is 2.24. The maximum atomic E-state index is 11.7. The summed E-state index contributed by atoms with van der Waals surface area (Å²) < 4.78 is 0. The Kier molecular flexibility index (Phi) is 5.12. The van der Waals surface area contributed by atoms with Crippen molar-refractivity contribution in [1.82, 2.24) is 10.6 Å². The minimum atomic E-state index is -0.253. The molecule has 0 aliphatic heterocycles. The highest BCUT2D eigenvalue weighted by molar-refractivity contribution is 5.96. The molecule has 1 aliphatic rings. The van der Waals surface area contributed by atoms with Gasteiger partial charge in [-0.05, 0) is 37.3 Å².